The van der Waals surface area contributed by atoms with Gasteiger partial charge in [0.2, 0.25) is 0 Å². The Bertz CT molecular complexity index is 674. The molecule has 3 rings (SSSR count). The number of rotatable bonds is 4. The second-order valence-corrected chi connectivity index (χ2v) is 5.49. The Balaban J connectivity index is 1.49. The largest absolute Gasteiger partial charge is 0.508 e. The van der Waals surface area contributed by atoms with Gasteiger partial charge in [0.15, 0.2) is 0 Å². The van der Waals surface area contributed by atoms with E-state index >= 15 is 0 Å². The van der Waals surface area contributed by atoms with E-state index in [9.17, 15) is 5.11 Å². The molecule has 118 valence electrons. The predicted octanol–water partition coefficient (Wildman–Crippen LogP) is 3.21. The number of para-hydroxylation sites is 1. The van der Waals surface area contributed by atoms with Gasteiger partial charge >= 0.3 is 0 Å². The van der Waals surface area contributed by atoms with Crippen molar-refractivity contribution in [1.29, 1.82) is 0 Å². The van der Waals surface area contributed by atoms with Gasteiger partial charge in [-0.15, -0.1) is 0 Å². The molecular weight excluding hydrogens is 286 g/mol. The first kappa shape index (κ1) is 15.2. The normalized spacial score (nSPS) is 15.7. The minimum atomic E-state index is 0.279. The van der Waals surface area contributed by atoms with E-state index in [1.807, 2.05) is 36.6 Å². The molecule has 0 spiro atoms. The lowest BCUT2D eigenvalue weighted by Crippen LogP contribution is -2.44. The number of hydrogen-bond donors (Lipinski definition) is 1. The number of phenols is 1. The van der Waals surface area contributed by atoms with Gasteiger partial charge in [-0.05, 0) is 35.9 Å². The summed E-state index contributed by atoms with van der Waals surface area (Å²) in [6, 6.07) is 17.7. The zero-order valence-electron chi connectivity index (χ0n) is 13.0. The molecule has 1 aliphatic rings. The van der Waals surface area contributed by atoms with Gasteiger partial charge in [0.25, 0.3) is 0 Å². The summed E-state index contributed by atoms with van der Waals surface area (Å²) in [5.41, 5.74) is 2.24. The summed E-state index contributed by atoms with van der Waals surface area (Å²) >= 11 is 0. The van der Waals surface area contributed by atoms with Crippen molar-refractivity contribution in [3.63, 3.8) is 0 Å². The first-order valence-electron chi connectivity index (χ1n) is 7.86. The minimum absolute atomic E-state index is 0.279. The Morgan fingerprint density at radius 3 is 2.43 bits per heavy atom. The van der Waals surface area contributed by atoms with Crippen molar-refractivity contribution in [3.8, 4) is 5.75 Å². The summed E-state index contributed by atoms with van der Waals surface area (Å²) in [6.45, 7) is 3.81. The van der Waals surface area contributed by atoms with Crippen molar-refractivity contribution in [3.05, 3.63) is 66.2 Å². The lowest BCUT2D eigenvalue weighted by molar-refractivity contribution is 0.272. The van der Waals surface area contributed by atoms with Crippen LogP contribution in [0.15, 0.2) is 65.8 Å². The van der Waals surface area contributed by atoms with Crippen LogP contribution in [0.5, 0.6) is 5.75 Å². The molecule has 4 heteroatoms. The molecule has 0 amide bonds. The highest BCUT2D eigenvalue weighted by molar-refractivity contribution is 5.78. The minimum Gasteiger partial charge on any atom is -0.508 e. The van der Waals surface area contributed by atoms with Gasteiger partial charge in [-0.3, -0.25) is 5.01 Å². The Kier molecular flexibility index (Phi) is 4.94. The second-order valence-electron chi connectivity index (χ2n) is 5.49. The van der Waals surface area contributed by atoms with Crippen LogP contribution in [-0.4, -0.2) is 42.5 Å². The average Bonchev–Trinajstić information content (AvgIpc) is 2.60. The van der Waals surface area contributed by atoms with Crippen LogP contribution in [0.3, 0.4) is 0 Å². The lowest BCUT2D eigenvalue weighted by Gasteiger charge is -2.34. The number of aromatic hydroxyl groups is 1. The summed E-state index contributed by atoms with van der Waals surface area (Å²) in [7, 11) is 0. The van der Waals surface area contributed by atoms with Gasteiger partial charge < -0.3 is 10.0 Å². The summed E-state index contributed by atoms with van der Waals surface area (Å²) < 4.78 is 0. The van der Waals surface area contributed by atoms with Crippen molar-refractivity contribution in [2.24, 2.45) is 5.10 Å². The fraction of sp³-hybridized carbons (Fsp3) is 0.211. The van der Waals surface area contributed by atoms with Crippen LogP contribution in [-0.2, 0) is 0 Å². The Morgan fingerprint density at radius 2 is 1.70 bits per heavy atom. The van der Waals surface area contributed by atoms with Gasteiger partial charge in [0, 0.05) is 25.0 Å². The number of nitrogens with zero attached hydrogens (tertiary/aromatic N) is 3. The maximum absolute atomic E-state index is 9.41. The third-order valence-electron chi connectivity index (χ3n) is 3.85. The topological polar surface area (TPSA) is 39.1 Å². The highest BCUT2D eigenvalue weighted by atomic mass is 16.3. The van der Waals surface area contributed by atoms with Crippen LogP contribution in [0.2, 0.25) is 0 Å². The van der Waals surface area contributed by atoms with Crippen molar-refractivity contribution >= 4 is 18.0 Å². The van der Waals surface area contributed by atoms with Crippen LogP contribution in [0.25, 0.3) is 6.08 Å². The van der Waals surface area contributed by atoms with E-state index in [4.69, 9.17) is 0 Å². The van der Waals surface area contributed by atoms with Crippen molar-refractivity contribution in [2.45, 2.75) is 0 Å². The van der Waals surface area contributed by atoms with Gasteiger partial charge in [-0.25, -0.2) is 0 Å². The molecule has 0 aliphatic carbocycles. The van der Waals surface area contributed by atoms with Gasteiger partial charge in [0.05, 0.1) is 13.1 Å². The van der Waals surface area contributed by atoms with Crippen molar-refractivity contribution in [1.82, 2.24) is 5.01 Å². The number of anilines is 1. The standard InChI is InChI=1S/C19H21N3O/c23-19-10-4-6-17(16-19)7-5-11-20-22-14-12-21(13-15-22)18-8-2-1-3-9-18/h1-11,16,23H,12-15H2/b7-5+,20-11+. The molecule has 0 atom stereocenters. The summed E-state index contributed by atoms with van der Waals surface area (Å²) in [4.78, 5) is 2.38. The Morgan fingerprint density at radius 1 is 0.913 bits per heavy atom. The smallest absolute Gasteiger partial charge is 0.116 e. The van der Waals surface area contributed by atoms with Crippen LogP contribution in [0.1, 0.15) is 5.56 Å². The van der Waals surface area contributed by atoms with E-state index in [0.717, 1.165) is 31.7 Å². The Hall–Kier alpha value is -2.75. The molecule has 2 aromatic rings. The van der Waals surface area contributed by atoms with Gasteiger partial charge in [0.1, 0.15) is 5.75 Å². The first-order chi connectivity index (χ1) is 11.3. The number of benzene rings is 2. The van der Waals surface area contributed by atoms with Crippen molar-refractivity contribution < 1.29 is 5.11 Å². The zero-order chi connectivity index (χ0) is 15.9. The van der Waals surface area contributed by atoms with Gasteiger partial charge in [-0.1, -0.05) is 36.4 Å². The molecule has 23 heavy (non-hydrogen) atoms. The molecule has 1 heterocycles. The van der Waals surface area contributed by atoms with E-state index in [2.05, 4.69) is 39.3 Å². The monoisotopic (exact) mass is 307 g/mol. The molecule has 0 saturated carbocycles. The van der Waals surface area contributed by atoms with E-state index in [1.54, 1.807) is 12.1 Å². The van der Waals surface area contributed by atoms with E-state index < -0.39 is 0 Å². The SMILES string of the molecule is Oc1cccc(/C=C/C=N/N2CCN(c3ccccc3)CC2)c1. The van der Waals surface area contributed by atoms with Crippen molar-refractivity contribution in [2.75, 3.05) is 31.1 Å². The molecule has 1 aliphatic heterocycles. The highest BCUT2D eigenvalue weighted by Gasteiger charge is 2.14. The van der Waals surface area contributed by atoms with Crippen LogP contribution in [0, 0.1) is 0 Å². The third-order valence-corrected chi connectivity index (χ3v) is 3.85. The number of piperazine rings is 1. The molecular formula is C19H21N3O. The van der Waals surface area contributed by atoms with Crippen LogP contribution < -0.4 is 4.90 Å². The number of phenolic OH excluding ortho intramolecular Hbond substituents is 1. The quantitative estimate of drug-likeness (QED) is 0.882. The molecule has 0 unspecified atom stereocenters. The zero-order valence-corrected chi connectivity index (χ0v) is 13.0. The number of allylic oxidation sites excluding steroid dienone is 1. The average molecular weight is 307 g/mol. The van der Waals surface area contributed by atoms with Crippen LogP contribution >= 0.6 is 0 Å². The molecule has 1 N–H and O–H groups in total. The molecule has 0 aromatic heterocycles. The highest BCUT2D eigenvalue weighted by Crippen LogP contribution is 2.15. The summed E-state index contributed by atoms with van der Waals surface area (Å²) in [5, 5.41) is 16.0. The molecule has 1 saturated heterocycles. The van der Waals surface area contributed by atoms with E-state index in [0.29, 0.717) is 0 Å². The van der Waals surface area contributed by atoms with Gasteiger partial charge in [-0.2, -0.15) is 5.10 Å². The first-order valence-corrected chi connectivity index (χ1v) is 7.86. The van der Waals surface area contributed by atoms with E-state index in [-0.39, 0.29) is 5.75 Å². The predicted molar refractivity (Wildman–Crippen MR) is 95.9 cm³/mol. The maximum Gasteiger partial charge on any atom is 0.116 e. The third kappa shape index (κ3) is 4.36. The molecule has 4 nitrogen and oxygen atoms in total. The number of hydrogen-bond acceptors (Lipinski definition) is 4. The summed E-state index contributed by atoms with van der Waals surface area (Å²) in [5.74, 6) is 0.279. The molecule has 0 bridgehead atoms. The fourth-order valence-electron chi connectivity index (χ4n) is 2.62. The fourth-order valence-corrected chi connectivity index (χ4v) is 2.62. The maximum atomic E-state index is 9.41. The molecule has 0 radical (unpaired) electrons. The summed E-state index contributed by atoms with van der Waals surface area (Å²) in [6.07, 6.45) is 5.64. The molecule has 1 fully saturated rings. The second kappa shape index (κ2) is 7.49. The lowest BCUT2D eigenvalue weighted by atomic mass is 10.2. The number of hydrazone groups is 1. The Labute approximate surface area is 137 Å². The molecule has 2 aromatic carbocycles. The van der Waals surface area contributed by atoms with E-state index in [1.165, 1.54) is 5.69 Å². The van der Waals surface area contributed by atoms with Crippen LogP contribution in [0.4, 0.5) is 5.69 Å².